The van der Waals surface area contributed by atoms with E-state index in [1.165, 1.54) is 0 Å². The van der Waals surface area contributed by atoms with Gasteiger partial charge in [0.1, 0.15) is 6.04 Å². The molecule has 15 heavy (non-hydrogen) atoms. The SMILES string of the molecule is C#CCNC(C#N)c1ccc(Br)c(Br)c1. The minimum Gasteiger partial charge on any atom is -0.287 e. The Morgan fingerprint density at radius 3 is 2.67 bits per heavy atom. The van der Waals surface area contributed by atoms with Crippen molar-refractivity contribution >= 4 is 31.9 Å². The first-order valence-electron chi connectivity index (χ1n) is 4.20. The summed E-state index contributed by atoms with van der Waals surface area (Å²) in [5, 5.41) is 11.9. The topological polar surface area (TPSA) is 35.8 Å². The molecule has 0 saturated heterocycles. The molecule has 0 saturated carbocycles. The van der Waals surface area contributed by atoms with E-state index >= 15 is 0 Å². The summed E-state index contributed by atoms with van der Waals surface area (Å²) in [4.78, 5) is 0. The highest BCUT2D eigenvalue weighted by molar-refractivity contribution is 9.13. The van der Waals surface area contributed by atoms with E-state index in [4.69, 9.17) is 11.7 Å². The molecule has 0 bridgehead atoms. The smallest absolute Gasteiger partial charge is 0.122 e. The van der Waals surface area contributed by atoms with Gasteiger partial charge in [-0.1, -0.05) is 12.0 Å². The van der Waals surface area contributed by atoms with Crippen molar-refractivity contribution in [2.24, 2.45) is 0 Å². The number of nitrogens with zero attached hydrogens (tertiary/aromatic N) is 1. The molecule has 1 unspecified atom stereocenters. The van der Waals surface area contributed by atoms with E-state index in [9.17, 15) is 0 Å². The summed E-state index contributed by atoms with van der Waals surface area (Å²) in [5.74, 6) is 2.45. The van der Waals surface area contributed by atoms with Crippen molar-refractivity contribution < 1.29 is 0 Å². The lowest BCUT2D eigenvalue weighted by molar-refractivity contribution is 0.690. The van der Waals surface area contributed by atoms with Crippen LogP contribution >= 0.6 is 31.9 Å². The fourth-order valence-electron chi connectivity index (χ4n) is 1.09. The average Bonchev–Trinajstić information content (AvgIpc) is 2.24. The van der Waals surface area contributed by atoms with Gasteiger partial charge in [0.05, 0.1) is 12.6 Å². The molecule has 0 fully saturated rings. The van der Waals surface area contributed by atoms with E-state index in [0.29, 0.717) is 6.54 Å². The normalized spacial score (nSPS) is 11.5. The van der Waals surface area contributed by atoms with Crippen LogP contribution in [0.2, 0.25) is 0 Å². The number of hydrogen-bond donors (Lipinski definition) is 1. The summed E-state index contributed by atoms with van der Waals surface area (Å²) in [6, 6.07) is 7.45. The van der Waals surface area contributed by atoms with Crippen molar-refractivity contribution in [3.05, 3.63) is 32.7 Å². The zero-order valence-corrected chi connectivity index (χ0v) is 11.0. The number of nitriles is 1. The highest BCUT2D eigenvalue weighted by atomic mass is 79.9. The quantitative estimate of drug-likeness (QED) is 0.866. The van der Waals surface area contributed by atoms with Crippen molar-refractivity contribution in [2.75, 3.05) is 6.54 Å². The number of rotatable bonds is 3. The van der Waals surface area contributed by atoms with Gasteiger partial charge in [-0.05, 0) is 49.6 Å². The highest BCUT2D eigenvalue weighted by Gasteiger charge is 2.09. The van der Waals surface area contributed by atoms with Crippen molar-refractivity contribution in [1.29, 1.82) is 5.26 Å². The van der Waals surface area contributed by atoms with Crippen LogP contribution in [0.5, 0.6) is 0 Å². The highest BCUT2D eigenvalue weighted by Crippen LogP contribution is 2.26. The van der Waals surface area contributed by atoms with Gasteiger partial charge in [0.2, 0.25) is 0 Å². The number of terminal acetylenes is 1. The standard InChI is InChI=1S/C11H8Br2N2/c1-2-5-15-11(7-14)8-3-4-9(12)10(13)6-8/h1,3-4,6,11,15H,5H2. The van der Waals surface area contributed by atoms with Gasteiger partial charge in [0, 0.05) is 8.95 Å². The summed E-state index contributed by atoms with van der Waals surface area (Å²) in [6.07, 6.45) is 5.12. The largest absolute Gasteiger partial charge is 0.287 e. The molecule has 0 heterocycles. The maximum atomic E-state index is 8.96. The monoisotopic (exact) mass is 326 g/mol. The molecule has 0 radical (unpaired) electrons. The third-order valence-corrected chi connectivity index (χ3v) is 3.69. The molecule has 0 spiro atoms. The Morgan fingerprint density at radius 2 is 2.13 bits per heavy atom. The minimum atomic E-state index is -0.370. The van der Waals surface area contributed by atoms with Crippen LogP contribution in [-0.4, -0.2) is 6.54 Å². The third-order valence-electron chi connectivity index (χ3n) is 1.81. The first-order valence-corrected chi connectivity index (χ1v) is 5.79. The summed E-state index contributed by atoms with van der Waals surface area (Å²) >= 11 is 6.76. The Labute approximate surface area is 106 Å². The Hall–Kier alpha value is -0.810. The molecule has 2 nitrogen and oxygen atoms in total. The predicted molar refractivity (Wildman–Crippen MR) is 67.0 cm³/mol. The molecule has 0 aliphatic carbocycles. The van der Waals surface area contributed by atoms with Crippen molar-refractivity contribution in [1.82, 2.24) is 5.32 Å². The van der Waals surface area contributed by atoms with Gasteiger partial charge in [-0.25, -0.2) is 0 Å². The van der Waals surface area contributed by atoms with Crippen LogP contribution in [0.15, 0.2) is 27.1 Å². The average molecular weight is 328 g/mol. The number of hydrogen-bond acceptors (Lipinski definition) is 2. The summed E-state index contributed by atoms with van der Waals surface area (Å²) in [6.45, 7) is 0.381. The van der Waals surface area contributed by atoms with Crippen LogP contribution in [0.3, 0.4) is 0 Å². The molecule has 4 heteroatoms. The van der Waals surface area contributed by atoms with E-state index in [0.717, 1.165) is 14.5 Å². The van der Waals surface area contributed by atoms with Crippen molar-refractivity contribution in [3.63, 3.8) is 0 Å². The maximum Gasteiger partial charge on any atom is 0.122 e. The molecule has 1 aromatic rings. The summed E-state index contributed by atoms with van der Waals surface area (Å²) < 4.78 is 1.88. The summed E-state index contributed by atoms with van der Waals surface area (Å²) in [5.41, 5.74) is 0.892. The molecule has 1 rings (SSSR count). The van der Waals surface area contributed by atoms with E-state index in [-0.39, 0.29) is 6.04 Å². The van der Waals surface area contributed by atoms with Crippen LogP contribution < -0.4 is 5.32 Å². The van der Waals surface area contributed by atoms with E-state index in [2.05, 4.69) is 49.2 Å². The maximum absolute atomic E-state index is 8.96. The van der Waals surface area contributed by atoms with Crippen LogP contribution in [0.4, 0.5) is 0 Å². The minimum absolute atomic E-state index is 0.370. The lowest BCUT2D eigenvalue weighted by Crippen LogP contribution is -2.20. The van der Waals surface area contributed by atoms with Crippen LogP contribution in [0.25, 0.3) is 0 Å². The van der Waals surface area contributed by atoms with E-state index in [1.54, 1.807) is 0 Å². The van der Waals surface area contributed by atoms with Gasteiger partial charge in [-0.2, -0.15) is 5.26 Å². The summed E-state index contributed by atoms with van der Waals surface area (Å²) in [7, 11) is 0. The second kappa shape index (κ2) is 5.92. The van der Waals surface area contributed by atoms with Crippen LogP contribution in [0, 0.1) is 23.7 Å². The van der Waals surface area contributed by atoms with Gasteiger partial charge in [-0.3, -0.25) is 5.32 Å². The van der Waals surface area contributed by atoms with Crippen LogP contribution in [-0.2, 0) is 0 Å². The lowest BCUT2D eigenvalue weighted by atomic mass is 10.1. The van der Waals surface area contributed by atoms with Gasteiger partial charge in [0.25, 0.3) is 0 Å². The first-order chi connectivity index (χ1) is 7.19. The molecule has 76 valence electrons. The Bertz CT molecular complexity index is 429. The fourth-order valence-corrected chi connectivity index (χ4v) is 1.73. The van der Waals surface area contributed by atoms with E-state index < -0.39 is 0 Å². The molecule has 0 aromatic heterocycles. The number of halogens is 2. The van der Waals surface area contributed by atoms with Gasteiger partial charge in [-0.15, -0.1) is 6.42 Å². The van der Waals surface area contributed by atoms with Crippen LogP contribution in [0.1, 0.15) is 11.6 Å². The molecular formula is C11H8Br2N2. The Balaban J connectivity index is 2.89. The molecule has 0 aliphatic rings. The van der Waals surface area contributed by atoms with Gasteiger partial charge >= 0.3 is 0 Å². The molecule has 1 aromatic carbocycles. The van der Waals surface area contributed by atoms with Crippen molar-refractivity contribution in [3.8, 4) is 18.4 Å². The molecule has 1 atom stereocenters. The third kappa shape index (κ3) is 3.35. The molecule has 0 amide bonds. The van der Waals surface area contributed by atoms with Gasteiger partial charge in [0.15, 0.2) is 0 Å². The van der Waals surface area contributed by atoms with E-state index in [1.807, 2.05) is 18.2 Å². The molecular weight excluding hydrogens is 320 g/mol. The number of benzene rings is 1. The predicted octanol–water partition coefficient (Wildman–Crippen LogP) is 3.00. The fraction of sp³-hybridized carbons (Fsp3) is 0.182. The number of nitrogens with one attached hydrogen (secondary N) is 1. The zero-order chi connectivity index (χ0) is 11.3. The van der Waals surface area contributed by atoms with Crippen molar-refractivity contribution in [2.45, 2.75) is 6.04 Å². The second-order valence-electron chi connectivity index (χ2n) is 2.82. The molecule has 1 N–H and O–H groups in total. The Morgan fingerprint density at radius 1 is 1.40 bits per heavy atom. The van der Waals surface area contributed by atoms with Gasteiger partial charge < -0.3 is 0 Å². The lowest BCUT2D eigenvalue weighted by Gasteiger charge is -2.10. The second-order valence-corrected chi connectivity index (χ2v) is 4.53. The molecule has 0 aliphatic heterocycles. The Kier molecular flexibility index (Phi) is 4.84. The first kappa shape index (κ1) is 12.3. The zero-order valence-electron chi connectivity index (χ0n) is 7.80.